The molecule has 0 amide bonds. The van der Waals surface area contributed by atoms with Crippen molar-refractivity contribution in [1.29, 1.82) is 0 Å². The average molecular weight is 397 g/mol. The Morgan fingerprint density at radius 3 is 2.24 bits per heavy atom. The average Bonchev–Trinajstić information content (AvgIpc) is 3.15. The summed E-state index contributed by atoms with van der Waals surface area (Å²) in [7, 11) is 4.88. The van der Waals surface area contributed by atoms with Gasteiger partial charge in [0, 0.05) is 17.2 Å². The van der Waals surface area contributed by atoms with Crippen molar-refractivity contribution >= 4 is 11.9 Å². The van der Waals surface area contributed by atoms with E-state index in [0.29, 0.717) is 29.9 Å². The van der Waals surface area contributed by atoms with Gasteiger partial charge in [0.15, 0.2) is 17.7 Å². The minimum absolute atomic E-state index is 0.509. The van der Waals surface area contributed by atoms with E-state index in [1.54, 1.807) is 21.3 Å². The van der Waals surface area contributed by atoms with Crippen LogP contribution >= 0.6 is 0 Å². The van der Waals surface area contributed by atoms with Crippen molar-refractivity contribution in [3.05, 3.63) is 41.0 Å². The van der Waals surface area contributed by atoms with Gasteiger partial charge in [-0.25, -0.2) is 0 Å². The summed E-state index contributed by atoms with van der Waals surface area (Å²) in [4.78, 5) is 0. The van der Waals surface area contributed by atoms with Gasteiger partial charge < -0.3 is 18.9 Å². The lowest BCUT2D eigenvalue weighted by Crippen LogP contribution is -2.07. The largest absolute Gasteiger partial charge is 0.493 e. The van der Waals surface area contributed by atoms with Crippen LogP contribution in [0.1, 0.15) is 54.7 Å². The van der Waals surface area contributed by atoms with Crippen LogP contribution < -0.4 is 18.9 Å². The molecule has 0 atom stereocenters. The van der Waals surface area contributed by atoms with Crippen LogP contribution in [0.25, 0.3) is 0 Å². The van der Waals surface area contributed by atoms with Gasteiger partial charge in [0.25, 0.3) is 12.4 Å². The standard InChI is InChI=1S/C24H30NO4/c1-16-10-19(18-8-6-5-7-9-18)23-20(11-16)25(15-29-23)14-17-12-21(26-2)24(28-4)22(13-17)27-3/h10-14,18H,5-9,15H2,1-4H3/q+1/b25-14-. The zero-order valence-corrected chi connectivity index (χ0v) is 17.8. The van der Waals surface area contributed by atoms with Crippen LogP contribution in [0.3, 0.4) is 0 Å². The second-order valence-electron chi connectivity index (χ2n) is 7.87. The van der Waals surface area contributed by atoms with E-state index in [9.17, 15) is 0 Å². The highest BCUT2D eigenvalue weighted by molar-refractivity contribution is 5.80. The zero-order valence-electron chi connectivity index (χ0n) is 17.8. The number of hydrogen-bond acceptors (Lipinski definition) is 4. The van der Waals surface area contributed by atoms with E-state index in [0.717, 1.165) is 17.0 Å². The van der Waals surface area contributed by atoms with Gasteiger partial charge in [-0.2, -0.15) is 4.58 Å². The summed E-state index contributed by atoms with van der Waals surface area (Å²) in [6.45, 7) is 2.68. The Morgan fingerprint density at radius 2 is 1.62 bits per heavy atom. The van der Waals surface area contributed by atoms with Gasteiger partial charge in [0.05, 0.1) is 21.3 Å². The Balaban J connectivity index is 1.75. The minimum atomic E-state index is 0.509. The molecule has 1 aliphatic carbocycles. The summed E-state index contributed by atoms with van der Waals surface area (Å²) in [5.41, 5.74) is 4.76. The summed E-state index contributed by atoms with van der Waals surface area (Å²) in [6, 6.07) is 8.44. The molecular formula is C24H30NO4+. The highest BCUT2D eigenvalue weighted by atomic mass is 16.5. The summed E-state index contributed by atoms with van der Waals surface area (Å²) >= 11 is 0. The van der Waals surface area contributed by atoms with E-state index in [4.69, 9.17) is 18.9 Å². The van der Waals surface area contributed by atoms with Crippen molar-refractivity contribution in [3.63, 3.8) is 0 Å². The van der Waals surface area contributed by atoms with E-state index < -0.39 is 0 Å². The SMILES string of the molecule is COc1cc(/C=[N+]2/COc3c(C4CCCCC4)cc(C)cc32)cc(OC)c1OC. The highest BCUT2D eigenvalue weighted by Crippen LogP contribution is 2.45. The van der Waals surface area contributed by atoms with E-state index in [-0.39, 0.29) is 0 Å². The Morgan fingerprint density at radius 1 is 0.931 bits per heavy atom. The number of benzene rings is 2. The number of ether oxygens (including phenoxy) is 4. The maximum absolute atomic E-state index is 6.19. The molecule has 2 aromatic rings. The smallest absolute Gasteiger partial charge is 0.293 e. The normalized spacial score (nSPS) is 17.7. The molecule has 0 spiro atoms. The first-order chi connectivity index (χ1) is 14.1. The van der Waals surface area contributed by atoms with Gasteiger partial charge in [-0.3, -0.25) is 0 Å². The van der Waals surface area contributed by atoms with Crippen LogP contribution in [0.5, 0.6) is 23.0 Å². The molecule has 2 aromatic carbocycles. The number of rotatable bonds is 5. The van der Waals surface area contributed by atoms with Gasteiger partial charge in [-0.15, -0.1) is 0 Å². The summed E-state index contributed by atoms with van der Waals surface area (Å²) < 4.78 is 24.8. The Labute approximate surface area is 172 Å². The fourth-order valence-corrected chi connectivity index (χ4v) is 4.54. The summed E-state index contributed by atoms with van der Waals surface area (Å²) in [6.07, 6.45) is 8.59. The molecule has 2 aliphatic rings. The first kappa shape index (κ1) is 19.6. The van der Waals surface area contributed by atoms with Crippen LogP contribution in [-0.2, 0) is 0 Å². The maximum Gasteiger partial charge on any atom is 0.293 e. The molecule has 1 aliphatic heterocycles. The molecule has 154 valence electrons. The molecular weight excluding hydrogens is 366 g/mol. The zero-order chi connectivity index (χ0) is 20.4. The maximum atomic E-state index is 6.19. The van der Waals surface area contributed by atoms with Gasteiger partial charge in [0.2, 0.25) is 11.5 Å². The van der Waals surface area contributed by atoms with Crippen molar-refractivity contribution in [2.75, 3.05) is 28.1 Å². The fraction of sp³-hybridized carbons (Fsp3) is 0.458. The lowest BCUT2D eigenvalue weighted by atomic mass is 9.83. The minimum Gasteiger partial charge on any atom is -0.493 e. The quantitative estimate of drug-likeness (QED) is 0.653. The van der Waals surface area contributed by atoms with Crippen molar-refractivity contribution in [1.82, 2.24) is 0 Å². The van der Waals surface area contributed by atoms with E-state index in [1.165, 1.54) is 43.2 Å². The topological polar surface area (TPSA) is 39.9 Å². The third-order valence-corrected chi connectivity index (χ3v) is 5.94. The number of hydrogen-bond donors (Lipinski definition) is 0. The van der Waals surface area contributed by atoms with Crippen molar-refractivity contribution < 1.29 is 23.5 Å². The predicted octanol–water partition coefficient (Wildman–Crippen LogP) is 5.18. The van der Waals surface area contributed by atoms with Gasteiger partial charge >= 0.3 is 0 Å². The van der Waals surface area contributed by atoms with Crippen LogP contribution in [0.4, 0.5) is 5.69 Å². The van der Waals surface area contributed by atoms with E-state index in [2.05, 4.69) is 29.8 Å². The molecule has 0 radical (unpaired) electrons. The van der Waals surface area contributed by atoms with Gasteiger partial charge in [-0.1, -0.05) is 25.3 Å². The second-order valence-corrected chi connectivity index (χ2v) is 7.87. The van der Waals surface area contributed by atoms with Crippen LogP contribution in [0.2, 0.25) is 0 Å². The van der Waals surface area contributed by atoms with Crippen molar-refractivity contribution in [3.8, 4) is 23.0 Å². The third-order valence-electron chi connectivity index (χ3n) is 5.94. The van der Waals surface area contributed by atoms with Crippen LogP contribution in [0.15, 0.2) is 24.3 Å². The van der Waals surface area contributed by atoms with Gasteiger partial charge in [-0.05, 0) is 43.4 Å². The molecule has 0 unspecified atom stereocenters. The molecule has 0 N–H and O–H groups in total. The van der Waals surface area contributed by atoms with Gasteiger partial charge in [0.1, 0.15) is 0 Å². The lowest BCUT2D eigenvalue weighted by molar-refractivity contribution is -0.452. The summed E-state index contributed by atoms with van der Waals surface area (Å²) in [5.74, 6) is 3.54. The number of methoxy groups -OCH3 is 3. The Hall–Kier alpha value is -2.69. The molecule has 5 heteroatoms. The summed E-state index contributed by atoms with van der Waals surface area (Å²) in [5, 5.41) is 0. The molecule has 1 saturated carbocycles. The lowest BCUT2D eigenvalue weighted by Gasteiger charge is -2.22. The molecule has 5 nitrogen and oxygen atoms in total. The van der Waals surface area contributed by atoms with Crippen LogP contribution in [0, 0.1) is 6.92 Å². The molecule has 4 rings (SSSR count). The Bertz CT molecular complexity index is 904. The molecule has 1 fully saturated rings. The second kappa shape index (κ2) is 8.36. The number of aryl methyl sites for hydroxylation is 1. The first-order valence-corrected chi connectivity index (χ1v) is 10.3. The molecule has 0 saturated heterocycles. The third kappa shape index (κ3) is 3.78. The van der Waals surface area contributed by atoms with E-state index in [1.807, 2.05) is 12.1 Å². The van der Waals surface area contributed by atoms with Crippen LogP contribution in [-0.4, -0.2) is 38.9 Å². The van der Waals surface area contributed by atoms with E-state index >= 15 is 0 Å². The molecule has 1 heterocycles. The number of nitrogens with zero attached hydrogens (tertiary/aromatic N) is 1. The monoisotopic (exact) mass is 396 g/mol. The number of fused-ring (bicyclic) bond motifs is 1. The fourth-order valence-electron chi connectivity index (χ4n) is 4.54. The Kier molecular flexibility index (Phi) is 5.65. The molecule has 0 bridgehead atoms. The molecule has 0 aromatic heterocycles. The molecule has 29 heavy (non-hydrogen) atoms. The van der Waals surface area contributed by atoms with Crippen molar-refractivity contribution in [2.45, 2.75) is 44.9 Å². The first-order valence-electron chi connectivity index (χ1n) is 10.3. The van der Waals surface area contributed by atoms with Crippen molar-refractivity contribution in [2.24, 2.45) is 0 Å². The predicted molar refractivity (Wildman–Crippen MR) is 114 cm³/mol. The highest BCUT2D eigenvalue weighted by Gasteiger charge is 2.32.